The van der Waals surface area contributed by atoms with E-state index in [0.717, 1.165) is 29.2 Å². The molecule has 30 heavy (non-hydrogen) atoms. The van der Waals surface area contributed by atoms with E-state index in [0.29, 0.717) is 11.6 Å². The first kappa shape index (κ1) is 22.7. The zero-order valence-corrected chi connectivity index (χ0v) is 19.3. The highest BCUT2D eigenvalue weighted by atomic mass is 35.5. The van der Waals surface area contributed by atoms with Gasteiger partial charge in [0.25, 0.3) is 0 Å². The van der Waals surface area contributed by atoms with Crippen molar-refractivity contribution in [3.63, 3.8) is 0 Å². The van der Waals surface area contributed by atoms with E-state index in [-0.39, 0.29) is 10.7 Å². The van der Waals surface area contributed by atoms with Gasteiger partial charge in [-0.25, -0.2) is 8.42 Å². The van der Waals surface area contributed by atoms with E-state index >= 15 is 0 Å². The highest BCUT2D eigenvalue weighted by molar-refractivity contribution is 7.92. The molecule has 162 valence electrons. The molecule has 1 amide bonds. The number of rotatable bonds is 7. The van der Waals surface area contributed by atoms with Crippen molar-refractivity contribution in [3.05, 3.63) is 58.1 Å². The molecule has 1 N–H and O–H groups in total. The Morgan fingerprint density at radius 3 is 2.37 bits per heavy atom. The highest BCUT2D eigenvalue weighted by Gasteiger charge is 2.30. The van der Waals surface area contributed by atoms with E-state index in [9.17, 15) is 13.2 Å². The number of sulfonamides is 1. The van der Waals surface area contributed by atoms with Gasteiger partial charge in [0.2, 0.25) is 15.9 Å². The zero-order valence-electron chi connectivity index (χ0n) is 16.9. The lowest BCUT2D eigenvalue weighted by Crippen LogP contribution is -2.47. The lowest BCUT2D eigenvalue weighted by molar-refractivity contribution is -0.122. The number of nitrogens with zero attached hydrogens (tertiary/aromatic N) is 2. The minimum absolute atomic E-state index is 0.171. The molecule has 1 fully saturated rings. The van der Waals surface area contributed by atoms with E-state index in [4.69, 9.17) is 23.2 Å². The predicted molar refractivity (Wildman–Crippen MR) is 123 cm³/mol. The molecule has 1 saturated heterocycles. The Morgan fingerprint density at radius 2 is 1.77 bits per heavy atom. The fraction of sp³-hybridized carbons (Fsp3) is 0.381. The summed E-state index contributed by atoms with van der Waals surface area (Å²) in [5, 5.41) is 3.33. The second-order valence-electron chi connectivity index (χ2n) is 7.41. The van der Waals surface area contributed by atoms with Crippen molar-refractivity contribution in [3.8, 4) is 0 Å². The molecule has 9 heteroatoms. The van der Waals surface area contributed by atoms with Crippen LogP contribution in [0.5, 0.6) is 0 Å². The molecule has 1 heterocycles. The van der Waals surface area contributed by atoms with Gasteiger partial charge in [-0.2, -0.15) is 0 Å². The first-order chi connectivity index (χ1) is 14.2. The maximum Gasteiger partial charge on any atom is 0.243 e. The van der Waals surface area contributed by atoms with Gasteiger partial charge in [0.05, 0.1) is 17.0 Å². The Balaban J connectivity index is 1.70. The number of amides is 1. The van der Waals surface area contributed by atoms with Gasteiger partial charge < -0.3 is 10.2 Å². The quantitative estimate of drug-likeness (QED) is 0.663. The number of hydrogen-bond donors (Lipinski definition) is 1. The van der Waals surface area contributed by atoms with Crippen LogP contribution in [0.1, 0.15) is 25.3 Å². The standard InChI is InChI=1S/C21H25Cl2N3O3S/c1-15(26(30(2,28)29)20-13-17(22)7-10-19(20)23)21(27)24-14-16-5-8-18(9-6-16)25-11-3-4-12-25/h5-10,13,15H,3-4,11-12,14H2,1-2H3,(H,24,27)/t15-/m1/s1. The highest BCUT2D eigenvalue weighted by Crippen LogP contribution is 2.32. The van der Waals surface area contributed by atoms with Crippen LogP contribution < -0.4 is 14.5 Å². The third-order valence-electron chi connectivity index (χ3n) is 5.11. The van der Waals surface area contributed by atoms with Crippen LogP contribution in [0.2, 0.25) is 10.0 Å². The first-order valence-electron chi connectivity index (χ1n) is 9.73. The smallest absolute Gasteiger partial charge is 0.243 e. The molecule has 1 aliphatic heterocycles. The molecule has 3 rings (SSSR count). The molecule has 2 aromatic rings. The molecule has 0 radical (unpaired) electrons. The Morgan fingerprint density at radius 1 is 1.13 bits per heavy atom. The summed E-state index contributed by atoms with van der Waals surface area (Å²) in [6.45, 7) is 3.95. The molecule has 2 aromatic carbocycles. The summed E-state index contributed by atoms with van der Waals surface area (Å²) in [4.78, 5) is 15.1. The monoisotopic (exact) mass is 469 g/mol. The third kappa shape index (κ3) is 5.39. The Kier molecular flexibility index (Phi) is 7.16. The van der Waals surface area contributed by atoms with Crippen molar-refractivity contribution in [1.82, 2.24) is 5.32 Å². The summed E-state index contributed by atoms with van der Waals surface area (Å²) >= 11 is 12.2. The molecule has 6 nitrogen and oxygen atoms in total. The lowest BCUT2D eigenvalue weighted by atomic mass is 10.2. The molecular formula is C21H25Cl2N3O3S. The minimum Gasteiger partial charge on any atom is -0.372 e. The average molecular weight is 470 g/mol. The molecular weight excluding hydrogens is 445 g/mol. The van der Waals surface area contributed by atoms with Crippen LogP contribution in [0, 0.1) is 0 Å². The Bertz CT molecular complexity index is 1010. The van der Waals surface area contributed by atoms with Gasteiger partial charge in [-0.15, -0.1) is 0 Å². The summed E-state index contributed by atoms with van der Waals surface area (Å²) in [5.41, 5.74) is 2.28. The topological polar surface area (TPSA) is 69.7 Å². The van der Waals surface area contributed by atoms with E-state index in [1.165, 1.54) is 37.6 Å². The van der Waals surface area contributed by atoms with Crippen LogP contribution >= 0.6 is 23.2 Å². The van der Waals surface area contributed by atoms with Gasteiger partial charge in [0.1, 0.15) is 6.04 Å². The van der Waals surface area contributed by atoms with Crippen molar-refractivity contribution in [2.24, 2.45) is 0 Å². The third-order valence-corrected chi connectivity index (χ3v) is 6.89. The van der Waals surface area contributed by atoms with Gasteiger partial charge >= 0.3 is 0 Å². The second-order valence-corrected chi connectivity index (χ2v) is 10.1. The van der Waals surface area contributed by atoms with Gasteiger partial charge in [0.15, 0.2) is 0 Å². The average Bonchev–Trinajstić information content (AvgIpc) is 3.23. The summed E-state index contributed by atoms with van der Waals surface area (Å²) in [6, 6.07) is 11.5. The van der Waals surface area contributed by atoms with Crippen LogP contribution in [-0.2, 0) is 21.4 Å². The van der Waals surface area contributed by atoms with E-state index < -0.39 is 22.0 Å². The second kappa shape index (κ2) is 9.45. The number of anilines is 2. The van der Waals surface area contributed by atoms with Crippen LogP contribution in [0.25, 0.3) is 0 Å². The molecule has 0 spiro atoms. The minimum atomic E-state index is -3.78. The molecule has 1 atom stereocenters. The molecule has 0 aromatic heterocycles. The maximum atomic E-state index is 12.7. The van der Waals surface area contributed by atoms with Crippen LogP contribution in [0.3, 0.4) is 0 Å². The zero-order chi connectivity index (χ0) is 21.9. The Labute approximate surface area is 187 Å². The van der Waals surface area contributed by atoms with E-state index in [1.807, 2.05) is 24.3 Å². The van der Waals surface area contributed by atoms with Gasteiger partial charge in [-0.3, -0.25) is 9.10 Å². The van der Waals surface area contributed by atoms with Crippen molar-refractivity contribution in [2.45, 2.75) is 32.4 Å². The largest absolute Gasteiger partial charge is 0.372 e. The normalized spacial score (nSPS) is 15.1. The van der Waals surface area contributed by atoms with E-state index in [1.54, 1.807) is 6.07 Å². The van der Waals surface area contributed by atoms with Gasteiger partial charge in [-0.1, -0.05) is 35.3 Å². The summed E-state index contributed by atoms with van der Waals surface area (Å²) in [7, 11) is -3.78. The fourth-order valence-corrected chi connectivity index (χ4v) is 5.18. The number of hydrogen-bond acceptors (Lipinski definition) is 4. The summed E-state index contributed by atoms with van der Waals surface area (Å²) in [6.07, 6.45) is 3.46. The van der Waals surface area contributed by atoms with Crippen LogP contribution in [0.4, 0.5) is 11.4 Å². The molecule has 0 unspecified atom stereocenters. The molecule has 0 bridgehead atoms. The first-order valence-corrected chi connectivity index (χ1v) is 12.3. The van der Waals surface area contributed by atoms with Crippen molar-refractivity contribution in [2.75, 3.05) is 28.6 Å². The van der Waals surface area contributed by atoms with Crippen LogP contribution in [0.15, 0.2) is 42.5 Å². The van der Waals surface area contributed by atoms with Crippen molar-refractivity contribution < 1.29 is 13.2 Å². The molecule has 0 aliphatic carbocycles. The lowest BCUT2D eigenvalue weighted by Gasteiger charge is -2.29. The number of benzene rings is 2. The van der Waals surface area contributed by atoms with Gasteiger partial charge in [0, 0.05) is 30.3 Å². The Hall–Kier alpha value is -1.96. The SMILES string of the molecule is C[C@H](C(=O)NCc1ccc(N2CCCC2)cc1)N(c1cc(Cl)ccc1Cl)S(C)(=O)=O. The summed E-state index contributed by atoms with van der Waals surface area (Å²) in [5.74, 6) is -0.430. The fourth-order valence-electron chi connectivity index (χ4n) is 3.57. The van der Waals surface area contributed by atoms with Crippen molar-refractivity contribution in [1.29, 1.82) is 0 Å². The number of nitrogens with one attached hydrogen (secondary N) is 1. The summed E-state index contributed by atoms with van der Waals surface area (Å²) < 4.78 is 25.8. The van der Waals surface area contributed by atoms with E-state index in [2.05, 4.69) is 10.2 Å². The maximum absolute atomic E-state index is 12.7. The predicted octanol–water partition coefficient (Wildman–Crippen LogP) is 4.06. The van der Waals surface area contributed by atoms with Crippen LogP contribution in [-0.4, -0.2) is 39.7 Å². The molecule has 1 aliphatic rings. The van der Waals surface area contributed by atoms with Gasteiger partial charge in [-0.05, 0) is 55.7 Å². The number of halogens is 2. The molecule has 0 saturated carbocycles. The number of carbonyl (C=O) groups excluding carboxylic acids is 1. The number of carbonyl (C=O) groups is 1. The van der Waals surface area contributed by atoms with Crippen molar-refractivity contribution >= 4 is 50.5 Å².